The number of alkyl halides is 17. The molecule has 20 heteroatoms. The summed E-state index contributed by atoms with van der Waals surface area (Å²) in [6.07, 6.45) is -8.51. The predicted molar refractivity (Wildman–Crippen MR) is 93.2 cm³/mol. The van der Waals surface area contributed by atoms with Crippen LogP contribution in [0.4, 0.5) is 74.6 Å². The predicted octanol–water partition coefficient (Wildman–Crippen LogP) is 7.33. The topological polar surface area (TPSA) is 52.0 Å². The van der Waals surface area contributed by atoms with Crippen molar-refractivity contribution in [3.8, 4) is 0 Å². The van der Waals surface area contributed by atoms with Gasteiger partial charge in [0.1, 0.15) is 0 Å². The molecule has 0 radical (unpaired) electrons. The highest BCUT2D eigenvalue weighted by atomic mass is 28.3. The van der Waals surface area contributed by atoms with Crippen LogP contribution in [0.15, 0.2) is 0 Å². The Hall–Kier alpha value is -1.05. The first-order chi connectivity index (χ1) is 15.5. The Morgan fingerprint density at radius 3 is 1.19 bits per heavy atom. The Morgan fingerprint density at radius 1 is 0.472 bits per heavy atom. The summed E-state index contributed by atoms with van der Waals surface area (Å²) in [5.74, 6) is -56.3. The van der Waals surface area contributed by atoms with E-state index in [1.54, 1.807) is 6.92 Å². The van der Waals surface area contributed by atoms with Crippen LogP contribution >= 0.6 is 0 Å². The molecule has 0 bridgehead atoms. The van der Waals surface area contributed by atoms with Gasteiger partial charge in [0.2, 0.25) is 0 Å². The van der Waals surface area contributed by atoms with Crippen molar-refractivity contribution >= 4 is 8.40 Å². The van der Waals surface area contributed by atoms with Gasteiger partial charge in [0, 0.05) is 6.42 Å². The van der Waals surface area contributed by atoms with Crippen molar-refractivity contribution in [2.24, 2.45) is 10.8 Å². The van der Waals surface area contributed by atoms with Gasteiger partial charge in [0.05, 0.1) is 0 Å². The standard InChI is InChI=1S/C16H21F17N2Si/c1-2-3-4-5-7-36(34,35)8-6-9(17,18)10(19,20)11(21,22)12(23,24)13(25,26)14(27,28)15(29,30)16(31,32)33/h2-8,34-35H2,1H3. The summed E-state index contributed by atoms with van der Waals surface area (Å²) >= 11 is 0. The van der Waals surface area contributed by atoms with Crippen LogP contribution in [0.2, 0.25) is 12.1 Å². The van der Waals surface area contributed by atoms with Gasteiger partial charge in [0.25, 0.3) is 0 Å². The third-order valence-corrected chi connectivity index (χ3v) is 7.65. The number of rotatable bonds is 14. The summed E-state index contributed by atoms with van der Waals surface area (Å²) in [5.41, 5.74) is 0. The van der Waals surface area contributed by atoms with E-state index in [2.05, 4.69) is 0 Å². The lowest BCUT2D eigenvalue weighted by molar-refractivity contribution is -0.461. The highest BCUT2D eigenvalue weighted by molar-refractivity contribution is 6.73. The van der Waals surface area contributed by atoms with Gasteiger partial charge in [-0.2, -0.15) is 74.6 Å². The summed E-state index contributed by atoms with van der Waals surface area (Å²) in [5, 5.41) is 10.9. The second-order valence-corrected chi connectivity index (χ2v) is 11.7. The number of nitrogens with two attached hydrogens (primary N) is 2. The van der Waals surface area contributed by atoms with E-state index < -0.39 is 68.5 Å². The van der Waals surface area contributed by atoms with Crippen molar-refractivity contribution in [2.75, 3.05) is 0 Å². The van der Waals surface area contributed by atoms with Gasteiger partial charge in [-0.3, -0.25) is 0 Å². The van der Waals surface area contributed by atoms with Crippen LogP contribution < -0.4 is 10.8 Å². The Kier molecular flexibility index (Phi) is 9.95. The van der Waals surface area contributed by atoms with Crippen LogP contribution in [0.5, 0.6) is 0 Å². The molecule has 0 aromatic heterocycles. The minimum atomic E-state index is -8.62. The quantitative estimate of drug-likeness (QED) is 0.126. The molecule has 0 amide bonds. The minimum Gasteiger partial charge on any atom is -0.339 e. The van der Waals surface area contributed by atoms with Gasteiger partial charge in [-0.15, -0.1) is 0 Å². The Bertz CT molecular complexity index is 733. The monoisotopic (exact) mass is 592 g/mol. The first-order valence-electron chi connectivity index (χ1n) is 9.81. The van der Waals surface area contributed by atoms with Crippen LogP contribution in [0.25, 0.3) is 0 Å². The van der Waals surface area contributed by atoms with Gasteiger partial charge in [0.15, 0.2) is 8.40 Å². The minimum absolute atomic E-state index is 0.151. The van der Waals surface area contributed by atoms with Crippen LogP contribution in [-0.2, 0) is 0 Å². The normalized spacial score (nSPS) is 16.0. The van der Waals surface area contributed by atoms with Crippen LogP contribution in [0.1, 0.15) is 39.0 Å². The third kappa shape index (κ3) is 5.83. The van der Waals surface area contributed by atoms with Crippen LogP contribution in [0.3, 0.4) is 0 Å². The zero-order valence-electron chi connectivity index (χ0n) is 18.0. The maximum absolute atomic E-state index is 13.9. The first-order valence-corrected chi connectivity index (χ1v) is 12.4. The molecule has 0 rings (SSSR count). The molecule has 0 heterocycles. The van der Waals surface area contributed by atoms with Crippen molar-refractivity contribution in [2.45, 2.75) is 98.8 Å². The molecule has 0 saturated carbocycles. The fourth-order valence-corrected chi connectivity index (χ4v) is 4.69. The molecule has 0 unspecified atom stereocenters. The molecule has 0 atom stereocenters. The Morgan fingerprint density at radius 2 is 0.833 bits per heavy atom. The summed E-state index contributed by atoms with van der Waals surface area (Å²) < 4.78 is 225. The van der Waals surface area contributed by atoms with Gasteiger partial charge >= 0.3 is 47.6 Å². The molecule has 2 nitrogen and oxygen atoms in total. The van der Waals surface area contributed by atoms with Crippen molar-refractivity contribution in [3.63, 3.8) is 0 Å². The van der Waals surface area contributed by atoms with E-state index in [0.717, 1.165) is 0 Å². The number of halogens is 17. The van der Waals surface area contributed by atoms with E-state index >= 15 is 0 Å². The summed E-state index contributed by atoms with van der Waals surface area (Å²) in [7, 11) is -3.90. The fourth-order valence-electron chi connectivity index (χ4n) is 2.75. The zero-order chi connectivity index (χ0) is 29.4. The van der Waals surface area contributed by atoms with E-state index in [1.807, 2.05) is 0 Å². The van der Waals surface area contributed by atoms with Crippen molar-refractivity contribution in [1.29, 1.82) is 0 Å². The molecule has 0 saturated heterocycles. The van der Waals surface area contributed by atoms with Crippen molar-refractivity contribution in [1.82, 2.24) is 0 Å². The molecule has 0 aliphatic rings. The van der Waals surface area contributed by atoms with E-state index in [9.17, 15) is 74.6 Å². The van der Waals surface area contributed by atoms with E-state index in [-0.39, 0.29) is 12.5 Å². The Balaban J connectivity index is 6.20. The molecule has 0 aliphatic heterocycles. The lowest BCUT2D eigenvalue weighted by Gasteiger charge is -2.43. The van der Waals surface area contributed by atoms with Crippen LogP contribution in [-0.4, -0.2) is 56.0 Å². The number of unbranched alkanes of at least 4 members (excludes halogenated alkanes) is 3. The van der Waals surface area contributed by atoms with Gasteiger partial charge in [-0.05, 0) is 12.1 Å². The Labute approximate surface area is 193 Å². The molecule has 4 N–H and O–H groups in total. The molecule has 0 spiro atoms. The van der Waals surface area contributed by atoms with Crippen LogP contribution in [0, 0.1) is 0 Å². The molecule has 0 aliphatic carbocycles. The molecular weight excluding hydrogens is 571 g/mol. The fraction of sp³-hybridized carbons (Fsp3) is 1.00. The highest BCUT2D eigenvalue weighted by Crippen LogP contribution is 2.64. The molecule has 0 fully saturated rings. The largest absolute Gasteiger partial charge is 0.460 e. The highest BCUT2D eigenvalue weighted by Gasteiger charge is 2.95. The van der Waals surface area contributed by atoms with Gasteiger partial charge in [-0.1, -0.05) is 32.6 Å². The second-order valence-electron chi connectivity index (χ2n) is 8.19. The van der Waals surface area contributed by atoms with Crippen molar-refractivity contribution < 1.29 is 74.6 Å². The smallest absolute Gasteiger partial charge is 0.339 e. The summed E-state index contributed by atoms with van der Waals surface area (Å²) in [4.78, 5) is 0. The summed E-state index contributed by atoms with van der Waals surface area (Å²) in [6.45, 7) is 1.75. The molecule has 218 valence electrons. The summed E-state index contributed by atoms with van der Waals surface area (Å²) in [6, 6.07) is -1.67. The zero-order valence-corrected chi connectivity index (χ0v) is 19.0. The van der Waals surface area contributed by atoms with Gasteiger partial charge in [-0.25, -0.2) is 0 Å². The maximum atomic E-state index is 13.9. The maximum Gasteiger partial charge on any atom is 0.460 e. The number of hydrogen-bond acceptors (Lipinski definition) is 2. The lowest BCUT2D eigenvalue weighted by atomic mass is 9.88. The first kappa shape index (κ1) is 34.9. The molecule has 0 aromatic carbocycles. The lowest BCUT2D eigenvalue weighted by Crippen LogP contribution is -2.74. The molecule has 0 aromatic rings. The van der Waals surface area contributed by atoms with E-state index in [4.69, 9.17) is 10.8 Å². The average Bonchev–Trinajstić information content (AvgIpc) is 2.68. The second kappa shape index (κ2) is 10.3. The number of hydrogen-bond donors (Lipinski definition) is 2. The molecular formula is C16H21F17N2Si. The molecule has 36 heavy (non-hydrogen) atoms. The average molecular weight is 592 g/mol. The SMILES string of the molecule is CCCCCC[Si](N)(N)CCC(F)(F)C(F)(F)C(F)(F)C(F)(F)C(F)(F)C(F)(F)C(F)(F)C(F)(F)F. The van der Waals surface area contributed by atoms with Crippen molar-refractivity contribution in [3.05, 3.63) is 0 Å². The third-order valence-electron chi connectivity index (χ3n) is 5.19. The van der Waals surface area contributed by atoms with E-state index in [0.29, 0.717) is 19.3 Å². The van der Waals surface area contributed by atoms with E-state index in [1.165, 1.54) is 0 Å². The van der Waals surface area contributed by atoms with Gasteiger partial charge < -0.3 is 10.8 Å².